The van der Waals surface area contributed by atoms with Gasteiger partial charge in [-0.25, -0.2) is 4.39 Å². The lowest BCUT2D eigenvalue weighted by Crippen LogP contribution is -2.36. The van der Waals surface area contributed by atoms with E-state index in [1.165, 1.54) is 17.4 Å². The van der Waals surface area contributed by atoms with Gasteiger partial charge in [0.25, 0.3) is 0 Å². The molecule has 1 N–H and O–H groups in total. The molecule has 1 amide bonds. The Kier molecular flexibility index (Phi) is 6.77. The van der Waals surface area contributed by atoms with E-state index in [1.807, 2.05) is 17.0 Å². The highest BCUT2D eigenvalue weighted by Crippen LogP contribution is 2.22. The van der Waals surface area contributed by atoms with Crippen molar-refractivity contribution < 1.29 is 9.18 Å². The van der Waals surface area contributed by atoms with Crippen LogP contribution >= 0.6 is 22.9 Å². The number of nitrogens with zero attached hydrogens (tertiary/aromatic N) is 1. The number of amides is 1. The second kappa shape index (κ2) is 8.82. The molecular formula is C17H18ClFN2OS. The van der Waals surface area contributed by atoms with Crippen LogP contribution < -0.4 is 5.32 Å². The summed E-state index contributed by atoms with van der Waals surface area (Å²) in [5.74, 6) is -0.471. The number of hydrogen-bond acceptors (Lipinski definition) is 3. The first kappa shape index (κ1) is 17.7. The second-order valence-electron chi connectivity index (χ2n) is 5.03. The molecule has 2 rings (SSSR count). The number of nitrogens with one attached hydrogen (secondary N) is 1. The van der Waals surface area contributed by atoms with Gasteiger partial charge in [-0.15, -0.1) is 17.9 Å². The molecule has 122 valence electrons. The van der Waals surface area contributed by atoms with Gasteiger partial charge >= 0.3 is 0 Å². The third-order valence-corrected chi connectivity index (χ3v) is 4.41. The van der Waals surface area contributed by atoms with E-state index in [2.05, 4.69) is 11.9 Å². The third-order valence-electron chi connectivity index (χ3n) is 3.20. The van der Waals surface area contributed by atoms with E-state index in [0.717, 1.165) is 9.21 Å². The molecule has 1 heterocycles. The molecular weight excluding hydrogens is 335 g/mol. The summed E-state index contributed by atoms with van der Waals surface area (Å²) < 4.78 is 14.3. The van der Waals surface area contributed by atoms with Crippen molar-refractivity contribution in [1.82, 2.24) is 10.2 Å². The average Bonchev–Trinajstić information content (AvgIpc) is 2.92. The van der Waals surface area contributed by atoms with Crippen molar-refractivity contribution in [2.75, 3.05) is 13.1 Å². The van der Waals surface area contributed by atoms with Gasteiger partial charge in [-0.1, -0.05) is 35.9 Å². The predicted molar refractivity (Wildman–Crippen MR) is 93.0 cm³/mol. The molecule has 1 aromatic carbocycles. The molecule has 0 atom stereocenters. The minimum atomic E-state index is -0.316. The largest absolute Gasteiger partial charge is 0.351 e. The smallest absolute Gasteiger partial charge is 0.234 e. The van der Waals surface area contributed by atoms with Gasteiger partial charge in [-0.05, 0) is 18.2 Å². The van der Waals surface area contributed by atoms with Gasteiger partial charge in [-0.2, -0.15) is 0 Å². The van der Waals surface area contributed by atoms with E-state index in [0.29, 0.717) is 18.7 Å². The summed E-state index contributed by atoms with van der Waals surface area (Å²) >= 11 is 7.41. The van der Waals surface area contributed by atoms with Crippen molar-refractivity contribution in [2.45, 2.75) is 13.1 Å². The molecule has 2 aromatic rings. The van der Waals surface area contributed by atoms with Gasteiger partial charge in [0.05, 0.1) is 10.9 Å². The first-order chi connectivity index (χ1) is 11.1. The number of carbonyl (C=O) groups is 1. The van der Waals surface area contributed by atoms with Crippen molar-refractivity contribution in [3.8, 4) is 0 Å². The van der Waals surface area contributed by atoms with Crippen LogP contribution in [0.3, 0.4) is 0 Å². The van der Waals surface area contributed by atoms with Gasteiger partial charge in [0.15, 0.2) is 0 Å². The van der Waals surface area contributed by atoms with Crippen molar-refractivity contribution in [2.24, 2.45) is 0 Å². The Balaban J connectivity index is 1.87. The maximum Gasteiger partial charge on any atom is 0.234 e. The van der Waals surface area contributed by atoms with Crippen LogP contribution in [-0.2, 0) is 17.9 Å². The van der Waals surface area contributed by atoms with Crippen LogP contribution in [0.15, 0.2) is 49.1 Å². The summed E-state index contributed by atoms with van der Waals surface area (Å²) in [6, 6.07) is 10.2. The lowest BCUT2D eigenvalue weighted by atomic mass is 10.2. The minimum absolute atomic E-state index is 0.155. The van der Waals surface area contributed by atoms with Crippen molar-refractivity contribution >= 4 is 28.8 Å². The molecule has 23 heavy (non-hydrogen) atoms. The van der Waals surface area contributed by atoms with Gasteiger partial charge in [0, 0.05) is 30.1 Å². The van der Waals surface area contributed by atoms with Gasteiger partial charge in [-0.3, -0.25) is 9.69 Å². The lowest BCUT2D eigenvalue weighted by molar-refractivity contribution is -0.122. The molecule has 0 saturated heterocycles. The highest BCUT2D eigenvalue weighted by molar-refractivity contribution is 7.16. The number of carbonyl (C=O) groups excluding carboxylic acids is 1. The van der Waals surface area contributed by atoms with E-state index in [4.69, 9.17) is 11.6 Å². The van der Waals surface area contributed by atoms with Crippen LogP contribution in [-0.4, -0.2) is 23.9 Å². The monoisotopic (exact) mass is 352 g/mol. The zero-order valence-corrected chi connectivity index (χ0v) is 14.2. The van der Waals surface area contributed by atoms with Gasteiger partial charge in [0.1, 0.15) is 5.82 Å². The Morgan fingerprint density at radius 1 is 1.35 bits per heavy atom. The highest BCUT2D eigenvalue weighted by Gasteiger charge is 2.12. The quantitative estimate of drug-likeness (QED) is 0.732. The summed E-state index contributed by atoms with van der Waals surface area (Å²) in [4.78, 5) is 15.1. The molecule has 1 aromatic heterocycles. The Morgan fingerprint density at radius 3 is 2.78 bits per heavy atom. The average molecular weight is 353 g/mol. The van der Waals surface area contributed by atoms with E-state index < -0.39 is 0 Å². The van der Waals surface area contributed by atoms with E-state index in [-0.39, 0.29) is 24.8 Å². The zero-order chi connectivity index (χ0) is 16.7. The Bertz CT molecular complexity index is 674. The Hall–Kier alpha value is -1.69. The number of thiophene rings is 1. The van der Waals surface area contributed by atoms with Crippen LogP contribution in [0.1, 0.15) is 10.4 Å². The van der Waals surface area contributed by atoms with Crippen LogP contribution in [0, 0.1) is 5.82 Å². The summed E-state index contributed by atoms with van der Waals surface area (Å²) in [6.45, 7) is 5.32. The molecule has 6 heteroatoms. The summed E-state index contributed by atoms with van der Waals surface area (Å²) in [5.41, 5.74) is 0.473. The maximum absolute atomic E-state index is 13.5. The number of rotatable bonds is 8. The fourth-order valence-corrected chi connectivity index (χ4v) is 3.25. The molecule has 0 spiro atoms. The molecule has 0 saturated carbocycles. The Labute approximate surface area is 144 Å². The third kappa shape index (κ3) is 5.78. The highest BCUT2D eigenvalue weighted by atomic mass is 35.5. The van der Waals surface area contributed by atoms with E-state index in [9.17, 15) is 9.18 Å². The minimum Gasteiger partial charge on any atom is -0.351 e. The number of benzene rings is 1. The standard InChI is InChI=1S/C17H18ClFN2OS/c1-2-9-21(11-14-7-8-16(18)23-14)12-17(22)20-10-13-5-3-4-6-15(13)19/h2-8H,1,9-12H2,(H,20,22). The molecule has 3 nitrogen and oxygen atoms in total. The van der Waals surface area contributed by atoms with Crippen LogP contribution in [0.2, 0.25) is 4.34 Å². The van der Waals surface area contributed by atoms with Crippen molar-refractivity contribution in [3.63, 3.8) is 0 Å². The molecule has 0 bridgehead atoms. The zero-order valence-electron chi connectivity index (χ0n) is 12.6. The normalized spacial score (nSPS) is 10.7. The van der Waals surface area contributed by atoms with Crippen molar-refractivity contribution in [3.05, 3.63) is 69.6 Å². The van der Waals surface area contributed by atoms with E-state index >= 15 is 0 Å². The fourth-order valence-electron chi connectivity index (χ4n) is 2.12. The predicted octanol–water partition coefficient (Wildman–Crippen LogP) is 3.85. The van der Waals surface area contributed by atoms with Crippen LogP contribution in [0.5, 0.6) is 0 Å². The molecule has 0 aliphatic heterocycles. The fraction of sp³-hybridized carbons (Fsp3) is 0.235. The summed E-state index contributed by atoms with van der Waals surface area (Å²) in [6.07, 6.45) is 1.75. The topological polar surface area (TPSA) is 32.3 Å². The maximum atomic E-state index is 13.5. The second-order valence-corrected chi connectivity index (χ2v) is 6.83. The first-order valence-electron chi connectivity index (χ1n) is 7.16. The summed E-state index contributed by atoms with van der Waals surface area (Å²) in [5, 5.41) is 2.74. The first-order valence-corrected chi connectivity index (χ1v) is 8.35. The van der Waals surface area contributed by atoms with E-state index in [1.54, 1.807) is 24.3 Å². The van der Waals surface area contributed by atoms with Gasteiger partial charge in [0.2, 0.25) is 5.91 Å². The Morgan fingerprint density at radius 2 is 2.13 bits per heavy atom. The molecule has 0 aliphatic carbocycles. The SMILES string of the molecule is C=CCN(CC(=O)NCc1ccccc1F)Cc1ccc(Cl)s1. The number of hydrogen-bond donors (Lipinski definition) is 1. The van der Waals surface area contributed by atoms with Crippen LogP contribution in [0.4, 0.5) is 4.39 Å². The summed E-state index contributed by atoms with van der Waals surface area (Å²) in [7, 11) is 0. The molecule has 0 unspecified atom stereocenters. The van der Waals surface area contributed by atoms with Crippen molar-refractivity contribution in [1.29, 1.82) is 0 Å². The van der Waals surface area contributed by atoms with Gasteiger partial charge < -0.3 is 5.32 Å². The number of halogens is 2. The molecule has 0 fully saturated rings. The molecule has 0 aliphatic rings. The molecule has 0 radical (unpaired) electrons. The van der Waals surface area contributed by atoms with Crippen LogP contribution in [0.25, 0.3) is 0 Å². The lowest BCUT2D eigenvalue weighted by Gasteiger charge is -2.19.